The van der Waals surface area contributed by atoms with Crippen molar-refractivity contribution in [3.8, 4) is 18.1 Å². The van der Waals surface area contributed by atoms with Gasteiger partial charge in [0.25, 0.3) is 5.79 Å². The van der Waals surface area contributed by atoms with Crippen molar-refractivity contribution in [3.63, 3.8) is 0 Å². The van der Waals surface area contributed by atoms with E-state index in [0.717, 1.165) is 55.4 Å². The number of hydrogen-bond acceptors (Lipinski definition) is 8. The van der Waals surface area contributed by atoms with Crippen LogP contribution in [0.3, 0.4) is 0 Å². The Morgan fingerprint density at radius 2 is 1.69 bits per heavy atom. The van der Waals surface area contributed by atoms with Gasteiger partial charge in [-0.05, 0) is 42.5 Å². The number of carboxylic acid groups (broad SMARTS) is 1. The Balaban J connectivity index is 1.43. The van der Waals surface area contributed by atoms with E-state index in [1.807, 2.05) is 18.2 Å². The first-order chi connectivity index (χ1) is 21.8. The summed E-state index contributed by atoms with van der Waals surface area (Å²) in [5, 5.41) is 44.1. The van der Waals surface area contributed by atoms with Gasteiger partial charge in [0.15, 0.2) is 0 Å². The van der Waals surface area contributed by atoms with E-state index in [4.69, 9.17) is 20.6 Å². The van der Waals surface area contributed by atoms with Crippen molar-refractivity contribution < 1.29 is 44.2 Å². The molecule has 1 aliphatic heterocycles. The highest BCUT2D eigenvalue weighted by Gasteiger charge is 2.51. The molecule has 1 saturated heterocycles. The van der Waals surface area contributed by atoms with E-state index >= 15 is 0 Å². The number of carbonyl (C=O) groups is 2. The minimum atomic E-state index is -2.06. The number of terminal acetylenes is 1. The van der Waals surface area contributed by atoms with Gasteiger partial charge in [-0.1, -0.05) is 68.1 Å². The SMILES string of the molecule is C#CCCCCCCCCOc1ccc(CC(=O)NCC(O)[C@@H](O)[C@@H]2O[C@@](OCc3ccccc3)(C(=O)O)CCC2CO)cc1. The van der Waals surface area contributed by atoms with Crippen LogP contribution in [0.2, 0.25) is 0 Å². The Labute approximate surface area is 265 Å². The Kier molecular flexibility index (Phi) is 15.3. The summed E-state index contributed by atoms with van der Waals surface area (Å²) in [7, 11) is 0. The highest BCUT2D eigenvalue weighted by Crippen LogP contribution is 2.36. The Bertz CT molecular complexity index is 1200. The van der Waals surface area contributed by atoms with Crippen LogP contribution in [0.1, 0.15) is 68.9 Å². The quantitative estimate of drug-likeness (QED) is 0.110. The molecule has 0 radical (unpaired) electrons. The molecular weight excluding hydrogens is 578 g/mol. The predicted octanol–water partition coefficient (Wildman–Crippen LogP) is 3.60. The first kappa shape index (κ1) is 36.0. The Morgan fingerprint density at radius 3 is 2.36 bits per heavy atom. The maximum absolute atomic E-state index is 12.6. The monoisotopic (exact) mass is 625 g/mol. The predicted molar refractivity (Wildman–Crippen MR) is 168 cm³/mol. The summed E-state index contributed by atoms with van der Waals surface area (Å²) in [5.41, 5.74) is 1.49. The van der Waals surface area contributed by atoms with E-state index in [9.17, 15) is 30.0 Å². The summed E-state index contributed by atoms with van der Waals surface area (Å²) in [6.07, 6.45) is 8.65. The average Bonchev–Trinajstić information content (AvgIpc) is 3.06. The highest BCUT2D eigenvalue weighted by atomic mass is 16.7. The number of amides is 1. The van der Waals surface area contributed by atoms with Crippen LogP contribution in [0.5, 0.6) is 5.75 Å². The molecule has 0 aromatic heterocycles. The van der Waals surface area contributed by atoms with E-state index in [1.165, 1.54) is 6.42 Å². The van der Waals surface area contributed by atoms with Crippen LogP contribution in [0.15, 0.2) is 54.6 Å². The van der Waals surface area contributed by atoms with Crippen LogP contribution in [0.25, 0.3) is 0 Å². The maximum Gasteiger partial charge on any atom is 0.364 e. The molecule has 2 aromatic rings. The van der Waals surface area contributed by atoms with E-state index in [2.05, 4.69) is 11.2 Å². The van der Waals surface area contributed by atoms with Crippen molar-refractivity contribution in [2.45, 2.75) is 94.9 Å². The van der Waals surface area contributed by atoms with E-state index in [-0.39, 0.29) is 44.9 Å². The van der Waals surface area contributed by atoms with Crippen molar-refractivity contribution in [1.29, 1.82) is 0 Å². The van der Waals surface area contributed by atoms with Gasteiger partial charge in [-0.25, -0.2) is 4.79 Å². The third kappa shape index (κ3) is 11.8. The number of hydrogen-bond donors (Lipinski definition) is 5. The minimum Gasteiger partial charge on any atom is -0.494 e. The summed E-state index contributed by atoms with van der Waals surface area (Å²) in [6.45, 7) is -0.101. The molecule has 5 atom stereocenters. The van der Waals surface area contributed by atoms with Crippen molar-refractivity contribution >= 4 is 11.9 Å². The third-order valence-electron chi connectivity index (χ3n) is 8.02. The van der Waals surface area contributed by atoms with Crippen molar-refractivity contribution in [2.75, 3.05) is 19.8 Å². The fourth-order valence-corrected chi connectivity index (χ4v) is 5.29. The second-order valence-electron chi connectivity index (χ2n) is 11.5. The number of carbonyl (C=O) groups excluding carboxylic acids is 1. The van der Waals surface area contributed by atoms with Crippen LogP contribution in [-0.4, -0.2) is 76.2 Å². The zero-order chi connectivity index (χ0) is 32.5. The molecule has 5 N–H and O–H groups in total. The lowest BCUT2D eigenvalue weighted by molar-refractivity contribution is -0.308. The molecule has 2 unspecified atom stereocenters. The summed E-state index contributed by atoms with van der Waals surface area (Å²) >= 11 is 0. The van der Waals surface area contributed by atoms with Crippen LogP contribution in [0.4, 0.5) is 0 Å². The van der Waals surface area contributed by atoms with E-state index in [0.29, 0.717) is 6.61 Å². The maximum atomic E-state index is 12.6. The first-order valence-electron chi connectivity index (χ1n) is 15.8. The molecule has 45 heavy (non-hydrogen) atoms. The molecule has 1 aliphatic rings. The van der Waals surface area contributed by atoms with E-state index in [1.54, 1.807) is 36.4 Å². The number of nitrogens with one attached hydrogen (secondary N) is 1. The van der Waals surface area contributed by atoms with Gasteiger partial charge in [0.1, 0.15) is 11.9 Å². The Morgan fingerprint density at radius 1 is 1.00 bits per heavy atom. The van der Waals surface area contributed by atoms with Gasteiger partial charge in [-0.2, -0.15) is 0 Å². The van der Waals surface area contributed by atoms with E-state index < -0.39 is 36.0 Å². The smallest absolute Gasteiger partial charge is 0.364 e. The lowest BCUT2D eigenvalue weighted by Crippen LogP contribution is -2.58. The number of benzene rings is 2. The highest BCUT2D eigenvalue weighted by molar-refractivity contribution is 5.78. The molecule has 2 aromatic carbocycles. The second kappa shape index (κ2) is 19.1. The fourth-order valence-electron chi connectivity index (χ4n) is 5.29. The number of ether oxygens (including phenoxy) is 3. The molecule has 0 aliphatic carbocycles. The van der Waals surface area contributed by atoms with Gasteiger partial charge in [0.2, 0.25) is 5.91 Å². The van der Waals surface area contributed by atoms with Gasteiger partial charge in [-0.15, -0.1) is 12.3 Å². The number of aliphatic hydroxyl groups excluding tert-OH is 3. The standard InChI is InChI=1S/C35H47NO9/c1-2-3-4-5-6-7-8-12-21-43-29-17-15-26(16-18-29)22-31(39)36-23-30(38)32(40)33-28(24-37)19-20-35(45-33,34(41)42)44-25-27-13-10-9-11-14-27/h1,9-11,13-18,28,30,32-33,37-38,40H,3-8,12,19-25H2,(H,36,39)(H,41,42)/t28?,30?,32-,33-,35-/m1/s1. The van der Waals surface area contributed by atoms with Gasteiger partial charge < -0.3 is 40.0 Å². The third-order valence-corrected chi connectivity index (χ3v) is 8.02. The number of carboxylic acids is 1. The summed E-state index contributed by atoms with van der Waals surface area (Å²) in [5.74, 6) is -1.05. The van der Waals surface area contributed by atoms with Crippen LogP contribution in [-0.2, 0) is 32.1 Å². The molecule has 1 heterocycles. The zero-order valence-corrected chi connectivity index (χ0v) is 25.8. The number of aliphatic hydroxyl groups is 3. The summed E-state index contributed by atoms with van der Waals surface area (Å²) in [6, 6.07) is 16.2. The second-order valence-corrected chi connectivity index (χ2v) is 11.5. The largest absolute Gasteiger partial charge is 0.494 e. The van der Waals surface area contributed by atoms with Crippen LogP contribution >= 0.6 is 0 Å². The number of unbranched alkanes of at least 4 members (excludes halogenated alkanes) is 6. The lowest BCUT2D eigenvalue weighted by atomic mass is 9.86. The van der Waals surface area contributed by atoms with Gasteiger partial charge in [0, 0.05) is 31.9 Å². The minimum absolute atomic E-state index is 0.0415. The molecule has 3 rings (SSSR count). The molecule has 246 valence electrons. The van der Waals surface area contributed by atoms with Crippen LogP contribution < -0.4 is 10.1 Å². The molecule has 10 nitrogen and oxygen atoms in total. The molecule has 1 amide bonds. The van der Waals surface area contributed by atoms with Crippen molar-refractivity contribution in [1.82, 2.24) is 5.32 Å². The molecular formula is C35H47NO9. The van der Waals surface area contributed by atoms with Gasteiger partial charge in [-0.3, -0.25) is 4.79 Å². The van der Waals surface area contributed by atoms with Crippen LogP contribution in [0, 0.1) is 18.3 Å². The fraction of sp³-hybridized carbons (Fsp3) is 0.543. The zero-order valence-electron chi connectivity index (χ0n) is 25.8. The first-order valence-corrected chi connectivity index (χ1v) is 15.8. The lowest BCUT2D eigenvalue weighted by Gasteiger charge is -2.43. The molecule has 0 saturated carbocycles. The number of aliphatic carboxylic acids is 1. The summed E-state index contributed by atoms with van der Waals surface area (Å²) in [4.78, 5) is 24.8. The van der Waals surface area contributed by atoms with Gasteiger partial charge >= 0.3 is 5.97 Å². The Hall–Kier alpha value is -3.46. The molecule has 0 bridgehead atoms. The summed E-state index contributed by atoms with van der Waals surface area (Å²) < 4.78 is 17.3. The van der Waals surface area contributed by atoms with Crippen molar-refractivity contribution in [3.05, 3.63) is 65.7 Å². The molecule has 10 heteroatoms. The average molecular weight is 626 g/mol. The molecule has 1 fully saturated rings. The molecule has 0 spiro atoms. The van der Waals surface area contributed by atoms with Crippen molar-refractivity contribution in [2.24, 2.45) is 5.92 Å². The number of rotatable bonds is 20. The topological polar surface area (TPSA) is 155 Å². The normalized spacial score (nSPS) is 20.9. The van der Waals surface area contributed by atoms with Gasteiger partial charge in [0.05, 0.1) is 31.8 Å².